The topological polar surface area (TPSA) is 20.3 Å². The normalized spacial score (nSPS) is 27.2. The molecule has 0 N–H and O–H groups in total. The fourth-order valence-corrected chi connectivity index (χ4v) is 3.86. The van der Waals surface area contributed by atoms with Crippen LogP contribution in [0.3, 0.4) is 0 Å². The zero-order valence-corrected chi connectivity index (χ0v) is 11.8. The van der Waals surface area contributed by atoms with Gasteiger partial charge in [0.15, 0.2) is 5.78 Å². The van der Waals surface area contributed by atoms with Crippen molar-refractivity contribution >= 4 is 11.5 Å². The summed E-state index contributed by atoms with van der Waals surface area (Å²) in [4.78, 5) is 14.6. The van der Waals surface area contributed by atoms with Gasteiger partial charge in [-0.2, -0.15) is 0 Å². The zero-order chi connectivity index (χ0) is 13.2. The molecule has 2 heteroatoms. The van der Waals surface area contributed by atoms with Gasteiger partial charge in [0.2, 0.25) is 0 Å². The van der Waals surface area contributed by atoms with Crippen LogP contribution in [0.1, 0.15) is 55.8 Å². The minimum Gasteiger partial charge on any atom is -0.367 e. The molecule has 0 radical (unpaired) electrons. The lowest BCUT2D eigenvalue weighted by atomic mass is 9.80. The Kier molecular flexibility index (Phi) is 3.58. The van der Waals surface area contributed by atoms with Gasteiger partial charge >= 0.3 is 0 Å². The number of fused-ring (bicyclic) bond motifs is 1. The molecule has 0 saturated heterocycles. The van der Waals surface area contributed by atoms with Crippen molar-refractivity contribution in [1.29, 1.82) is 0 Å². The first-order valence-electron chi connectivity index (χ1n) is 7.70. The van der Waals surface area contributed by atoms with Crippen LogP contribution in [0.25, 0.3) is 0 Å². The van der Waals surface area contributed by atoms with Gasteiger partial charge in [-0.25, -0.2) is 0 Å². The average Bonchev–Trinajstić information content (AvgIpc) is 2.48. The second kappa shape index (κ2) is 5.36. The molecule has 1 aliphatic carbocycles. The number of carbonyl (C=O) groups excluding carboxylic acids is 1. The first-order valence-corrected chi connectivity index (χ1v) is 7.70. The van der Waals surface area contributed by atoms with Gasteiger partial charge < -0.3 is 4.90 Å². The van der Waals surface area contributed by atoms with E-state index in [4.69, 9.17) is 0 Å². The Morgan fingerprint density at radius 1 is 1.21 bits per heavy atom. The highest BCUT2D eigenvalue weighted by Crippen LogP contribution is 2.37. The van der Waals surface area contributed by atoms with Gasteiger partial charge in [0.05, 0.1) is 0 Å². The number of benzene rings is 1. The second-order valence-corrected chi connectivity index (χ2v) is 5.90. The Labute approximate surface area is 115 Å². The van der Waals surface area contributed by atoms with Crippen molar-refractivity contribution in [2.45, 2.75) is 51.5 Å². The number of ketones is 1. The quantitative estimate of drug-likeness (QED) is 0.796. The Morgan fingerprint density at radius 2 is 2.00 bits per heavy atom. The van der Waals surface area contributed by atoms with Crippen LogP contribution in [0, 0.1) is 5.92 Å². The number of Topliss-reactive ketones (excluding diaryl/α,β-unsaturated/α-hetero) is 1. The molecule has 1 saturated carbocycles. The summed E-state index contributed by atoms with van der Waals surface area (Å²) >= 11 is 0. The number of anilines is 1. The Bertz CT molecular complexity index is 468. The largest absolute Gasteiger partial charge is 0.367 e. The van der Waals surface area contributed by atoms with E-state index in [2.05, 4.69) is 24.0 Å². The van der Waals surface area contributed by atoms with Gasteiger partial charge in [-0.05, 0) is 30.9 Å². The molecule has 0 amide bonds. The third-order valence-electron chi connectivity index (χ3n) is 4.89. The van der Waals surface area contributed by atoms with Gasteiger partial charge in [0, 0.05) is 30.3 Å². The van der Waals surface area contributed by atoms with E-state index in [0.717, 1.165) is 18.0 Å². The number of rotatable bonds is 2. The Morgan fingerprint density at radius 3 is 2.84 bits per heavy atom. The third-order valence-corrected chi connectivity index (χ3v) is 4.89. The molecule has 0 spiro atoms. The van der Waals surface area contributed by atoms with E-state index in [1.54, 1.807) is 0 Å². The zero-order valence-electron chi connectivity index (χ0n) is 11.8. The summed E-state index contributed by atoms with van der Waals surface area (Å²) in [5.41, 5.74) is 2.12. The van der Waals surface area contributed by atoms with Crippen LogP contribution in [-0.2, 0) is 0 Å². The molecule has 2 aliphatic rings. The van der Waals surface area contributed by atoms with Crippen LogP contribution < -0.4 is 4.90 Å². The maximum atomic E-state index is 12.0. The highest BCUT2D eigenvalue weighted by Gasteiger charge is 2.33. The molecular weight excluding hydrogens is 234 g/mol. The van der Waals surface area contributed by atoms with Crippen LogP contribution in [0.2, 0.25) is 0 Å². The van der Waals surface area contributed by atoms with Crippen molar-refractivity contribution in [3.63, 3.8) is 0 Å². The molecule has 1 aliphatic heterocycles. The summed E-state index contributed by atoms with van der Waals surface area (Å²) in [6, 6.07) is 8.82. The minimum atomic E-state index is 0.315. The van der Waals surface area contributed by atoms with Gasteiger partial charge in [-0.3, -0.25) is 4.79 Å². The summed E-state index contributed by atoms with van der Waals surface area (Å²) in [6.07, 6.45) is 7.31. The molecule has 1 aromatic rings. The third kappa shape index (κ3) is 2.29. The molecule has 1 aromatic carbocycles. The van der Waals surface area contributed by atoms with E-state index in [1.807, 2.05) is 12.1 Å². The average molecular weight is 257 g/mol. The molecule has 0 aromatic heterocycles. The molecule has 3 rings (SSSR count). The van der Waals surface area contributed by atoms with Gasteiger partial charge in [0.25, 0.3) is 0 Å². The summed E-state index contributed by atoms with van der Waals surface area (Å²) in [5, 5.41) is 0. The number of hydrogen-bond donors (Lipinski definition) is 0. The van der Waals surface area contributed by atoms with Crippen LogP contribution in [0.5, 0.6) is 0 Å². The number of carbonyl (C=O) groups is 1. The molecule has 1 fully saturated rings. The molecule has 2 nitrogen and oxygen atoms in total. The predicted molar refractivity (Wildman–Crippen MR) is 78.8 cm³/mol. The van der Waals surface area contributed by atoms with E-state index in [0.29, 0.717) is 18.2 Å². The van der Waals surface area contributed by atoms with Gasteiger partial charge in [-0.1, -0.05) is 38.3 Å². The van der Waals surface area contributed by atoms with Gasteiger partial charge in [0.1, 0.15) is 0 Å². The first kappa shape index (κ1) is 12.7. The van der Waals surface area contributed by atoms with Crippen molar-refractivity contribution in [3.05, 3.63) is 29.8 Å². The van der Waals surface area contributed by atoms with E-state index in [9.17, 15) is 4.79 Å². The van der Waals surface area contributed by atoms with Gasteiger partial charge in [-0.15, -0.1) is 0 Å². The maximum absolute atomic E-state index is 12.0. The van der Waals surface area contributed by atoms with Crippen LogP contribution >= 0.6 is 0 Å². The number of para-hydroxylation sites is 1. The lowest BCUT2D eigenvalue weighted by Gasteiger charge is -2.43. The molecule has 0 bridgehead atoms. The number of nitrogens with zero attached hydrogens (tertiary/aromatic N) is 1. The number of hydrogen-bond acceptors (Lipinski definition) is 2. The van der Waals surface area contributed by atoms with Crippen molar-refractivity contribution in [2.24, 2.45) is 5.92 Å². The van der Waals surface area contributed by atoms with E-state index >= 15 is 0 Å². The van der Waals surface area contributed by atoms with E-state index in [1.165, 1.54) is 37.8 Å². The molecule has 19 heavy (non-hydrogen) atoms. The Balaban J connectivity index is 1.93. The van der Waals surface area contributed by atoms with Crippen LogP contribution in [-0.4, -0.2) is 18.4 Å². The molecule has 2 unspecified atom stereocenters. The Hall–Kier alpha value is -1.31. The van der Waals surface area contributed by atoms with E-state index < -0.39 is 0 Å². The summed E-state index contributed by atoms with van der Waals surface area (Å²) in [7, 11) is 0. The molecule has 102 valence electrons. The molecule has 1 heterocycles. The lowest BCUT2D eigenvalue weighted by Crippen LogP contribution is -2.46. The smallest absolute Gasteiger partial charge is 0.166 e. The summed E-state index contributed by atoms with van der Waals surface area (Å²) in [6.45, 7) is 3.22. The summed E-state index contributed by atoms with van der Waals surface area (Å²) < 4.78 is 0. The van der Waals surface area contributed by atoms with Crippen LogP contribution in [0.15, 0.2) is 24.3 Å². The monoisotopic (exact) mass is 257 g/mol. The highest BCUT2D eigenvalue weighted by molar-refractivity contribution is 6.03. The maximum Gasteiger partial charge on any atom is 0.166 e. The van der Waals surface area contributed by atoms with Crippen LogP contribution in [0.4, 0.5) is 5.69 Å². The fourth-order valence-electron chi connectivity index (χ4n) is 3.86. The molecular formula is C17H23NO. The fraction of sp³-hybridized carbons (Fsp3) is 0.588. The summed E-state index contributed by atoms with van der Waals surface area (Å²) in [5.74, 6) is 1.12. The highest BCUT2D eigenvalue weighted by atomic mass is 16.1. The van der Waals surface area contributed by atoms with Crippen molar-refractivity contribution in [2.75, 3.05) is 11.4 Å². The SMILES string of the molecule is CCC1CCCCC1N1CCC(=O)c2ccccc21. The van der Waals surface area contributed by atoms with E-state index in [-0.39, 0.29) is 0 Å². The van der Waals surface area contributed by atoms with Crippen molar-refractivity contribution in [3.8, 4) is 0 Å². The second-order valence-electron chi connectivity index (χ2n) is 5.90. The van der Waals surface area contributed by atoms with Crippen molar-refractivity contribution < 1.29 is 4.79 Å². The standard InChI is InChI=1S/C17H23NO/c1-2-13-7-3-5-9-15(13)18-12-11-17(19)14-8-4-6-10-16(14)18/h4,6,8,10,13,15H,2-3,5,7,9,11-12H2,1H3. The first-order chi connectivity index (χ1) is 9.31. The molecule has 2 atom stereocenters. The lowest BCUT2D eigenvalue weighted by molar-refractivity contribution is 0.0976. The minimum absolute atomic E-state index is 0.315. The van der Waals surface area contributed by atoms with Crippen molar-refractivity contribution in [1.82, 2.24) is 0 Å². The predicted octanol–water partition coefficient (Wildman–Crippen LogP) is 4.05.